The number of hydrogen-bond acceptors (Lipinski definition) is 2. The number of carbonyl (C=O) groups excluding carboxylic acids is 1. The molecule has 1 fully saturated rings. The fourth-order valence-electron chi connectivity index (χ4n) is 2.25. The van der Waals surface area contributed by atoms with Crippen LogP contribution in [0.25, 0.3) is 0 Å². The molecule has 1 N–H and O–H groups in total. The molecule has 5 heteroatoms. The van der Waals surface area contributed by atoms with Crippen molar-refractivity contribution in [3.8, 4) is 0 Å². The predicted molar refractivity (Wildman–Crippen MR) is 69.4 cm³/mol. The molecule has 1 aliphatic rings. The van der Waals surface area contributed by atoms with Crippen LogP contribution in [0.2, 0.25) is 0 Å². The normalized spacial score (nSPS) is 16.4. The summed E-state index contributed by atoms with van der Waals surface area (Å²) in [5, 5.41) is 8.64. The van der Waals surface area contributed by atoms with Gasteiger partial charge in [-0.25, -0.2) is 4.79 Å². The van der Waals surface area contributed by atoms with Crippen LogP contribution in [0.3, 0.4) is 0 Å². The maximum Gasteiger partial charge on any atom is 0.320 e. The van der Waals surface area contributed by atoms with Gasteiger partial charge in [-0.05, 0) is 25.2 Å². The van der Waals surface area contributed by atoms with Crippen LogP contribution in [-0.4, -0.2) is 53.6 Å². The molecule has 102 valence electrons. The van der Waals surface area contributed by atoms with Gasteiger partial charge in [-0.15, -0.1) is 6.58 Å². The number of aliphatic carboxylic acids is 1. The molecule has 0 radical (unpaired) electrons. The minimum atomic E-state index is -0.737. The zero-order valence-electron chi connectivity index (χ0n) is 11.0. The third kappa shape index (κ3) is 4.39. The lowest BCUT2D eigenvalue weighted by Gasteiger charge is -2.34. The summed E-state index contributed by atoms with van der Waals surface area (Å²) in [6.45, 7) is 5.62. The Bertz CT molecular complexity index is 309. The van der Waals surface area contributed by atoms with Gasteiger partial charge in [0.25, 0.3) is 0 Å². The Balaban J connectivity index is 2.32. The van der Waals surface area contributed by atoms with E-state index in [9.17, 15) is 9.59 Å². The molecule has 2 amide bonds. The van der Waals surface area contributed by atoms with Gasteiger partial charge in [0.05, 0.1) is 0 Å². The fourth-order valence-corrected chi connectivity index (χ4v) is 2.25. The molecule has 0 unspecified atom stereocenters. The highest BCUT2D eigenvalue weighted by Crippen LogP contribution is 2.22. The summed E-state index contributed by atoms with van der Waals surface area (Å²) < 4.78 is 0. The fraction of sp³-hybridized carbons (Fsp3) is 0.692. The maximum absolute atomic E-state index is 12.0. The van der Waals surface area contributed by atoms with E-state index in [0.717, 1.165) is 32.4 Å². The highest BCUT2D eigenvalue weighted by molar-refractivity contribution is 5.74. The average molecular weight is 254 g/mol. The summed E-state index contributed by atoms with van der Waals surface area (Å²) in [5.74, 6) is -0.297. The number of carboxylic acid groups (broad SMARTS) is 1. The van der Waals surface area contributed by atoms with Gasteiger partial charge >= 0.3 is 12.0 Å². The quantitative estimate of drug-likeness (QED) is 0.761. The molecule has 0 aromatic heterocycles. The molecule has 0 bridgehead atoms. The number of likely N-dealkylation sites (N-methyl/N-ethyl adjacent to an activating group) is 1. The molecule has 0 aromatic carbocycles. The van der Waals surface area contributed by atoms with Gasteiger partial charge in [-0.1, -0.05) is 6.08 Å². The van der Waals surface area contributed by atoms with Gasteiger partial charge in [0, 0.05) is 33.1 Å². The lowest BCUT2D eigenvalue weighted by molar-refractivity contribution is -0.137. The molecule has 0 atom stereocenters. The van der Waals surface area contributed by atoms with Gasteiger partial charge in [-0.2, -0.15) is 0 Å². The predicted octanol–water partition coefficient (Wildman–Crippen LogP) is 1.80. The molecule has 5 nitrogen and oxygen atoms in total. The van der Waals surface area contributed by atoms with Crippen LogP contribution in [0.15, 0.2) is 12.7 Å². The molecule has 0 spiro atoms. The van der Waals surface area contributed by atoms with Crippen molar-refractivity contribution >= 4 is 12.0 Å². The van der Waals surface area contributed by atoms with E-state index in [1.165, 1.54) is 0 Å². The number of hydrogen-bond donors (Lipinski definition) is 1. The van der Waals surface area contributed by atoms with Crippen molar-refractivity contribution in [2.45, 2.75) is 25.7 Å². The van der Waals surface area contributed by atoms with E-state index in [1.54, 1.807) is 18.0 Å². The summed E-state index contributed by atoms with van der Waals surface area (Å²) in [6, 6.07) is 0.0339. The lowest BCUT2D eigenvalue weighted by atomic mass is 9.92. The van der Waals surface area contributed by atoms with Gasteiger partial charge in [0.15, 0.2) is 0 Å². The van der Waals surface area contributed by atoms with Crippen LogP contribution in [-0.2, 0) is 4.79 Å². The number of urea groups is 1. The van der Waals surface area contributed by atoms with Crippen LogP contribution in [0.5, 0.6) is 0 Å². The molecular weight excluding hydrogens is 232 g/mol. The Labute approximate surface area is 108 Å². The Morgan fingerprint density at radius 2 is 2.06 bits per heavy atom. The second-order valence-corrected chi connectivity index (χ2v) is 4.81. The highest BCUT2D eigenvalue weighted by Gasteiger charge is 2.24. The Morgan fingerprint density at radius 1 is 1.44 bits per heavy atom. The molecule has 0 aliphatic carbocycles. The van der Waals surface area contributed by atoms with Crippen molar-refractivity contribution in [1.82, 2.24) is 9.80 Å². The summed E-state index contributed by atoms with van der Waals surface area (Å²) in [6.07, 6.45) is 4.47. The molecule has 1 rings (SSSR count). The number of amides is 2. The number of carboxylic acids is 1. The standard InChI is InChI=1S/C13H22N2O3/c1-3-8-14(2)13(18)15-9-6-11(7-10-15)4-5-12(16)17/h3,11H,1,4-10H2,2H3,(H,16,17). The molecule has 1 aliphatic heterocycles. The largest absolute Gasteiger partial charge is 0.481 e. The second-order valence-electron chi connectivity index (χ2n) is 4.81. The van der Waals surface area contributed by atoms with Crippen molar-refractivity contribution in [3.05, 3.63) is 12.7 Å². The molecule has 18 heavy (non-hydrogen) atoms. The third-order valence-corrected chi connectivity index (χ3v) is 3.38. The van der Waals surface area contributed by atoms with Crippen LogP contribution >= 0.6 is 0 Å². The zero-order valence-corrected chi connectivity index (χ0v) is 11.0. The zero-order chi connectivity index (χ0) is 13.5. The Hall–Kier alpha value is -1.52. The Morgan fingerprint density at radius 3 is 2.56 bits per heavy atom. The summed E-state index contributed by atoms with van der Waals surface area (Å²) in [7, 11) is 1.76. The van der Waals surface area contributed by atoms with Crippen LogP contribution in [0.4, 0.5) is 4.79 Å². The van der Waals surface area contributed by atoms with Crippen LogP contribution in [0, 0.1) is 5.92 Å². The second kappa shape index (κ2) is 7.03. The third-order valence-electron chi connectivity index (χ3n) is 3.38. The van der Waals surface area contributed by atoms with Crippen LogP contribution in [0.1, 0.15) is 25.7 Å². The smallest absolute Gasteiger partial charge is 0.320 e. The van der Waals surface area contributed by atoms with E-state index in [1.807, 2.05) is 4.90 Å². The Kier molecular flexibility index (Phi) is 5.68. The summed E-state index contributed by atoms with van der Waals surface area (Å²) in [5.41, 5.74) is 0. The van der Waals surface area contributed by atoms with Crippen molar-refractivity contribution in [2.24, 2.45) is 5.92 Å². The minimum Gasteiger partial charge on any atom is -0.481 e. The summed E-state index contributed by atoms with van der Waals surface area (Å²) >= 11 is 0. The number of carbonyl (C=O) groups is 2. The lowest BCUT2D eigenvalue weighted by Crippen LogP contribution is -2.45. The maximum atomic E-state index is 12.0. The highest BCUT2D eigenvalue weighted by atomic mass is 16.4. The van der Waals surface area contributed by atoms with Crippen LogP contribution < -0.4 is 0 Å². The van der Waals surface area contributed by atoms with Gasteiger partial charge < -0.3 is 14.9 Å². The van der Waals surface area contributed by atoms with Gasteiger partial charge in [0.1, 0.15) is 0 Å². The molecule has 0 saturated carbocycles. The SMILES string of the molecule is C=CCN(C)C(=O)N1CCC(CCC(=O)O)CC1. The van der Waals surface area contributed by atoms with E-state index >= 15 is 0 Å². The van der Waals surface area contributed by atoms with Crippen molar-refractivity contribution < 1.29 is 14.7 Å². The molecule has 0 aromatic rings. The molecule has 1 heterocycles. The first kappa shape index (κ1) is 14.5. The molecule has 1 saturated heterocycles. The van der Waals surface area contributed by atoms with E-state index in [0.29, 0.717) is 12.5 Å². The van der Waals surface area contributed by atoms with Crippen molar-refractivity contribution in [2.75, 3.05) is 26.7 Å². The van der Waals surface area contributed by atoms with E-state index < -0.39 is 5.97 Å². The topological polar surface area (TPSA) is 60.9 Å². The van der Waals surface area contributed by atoms with Gasteiger partial charge in [-0.3, -0.25) is 4.79 Å². The van der Waals surface area contributed by atoms with Crippen molar-refractivity contribution in [1.29, 1.82) is 0 Å². The monoisotopic (exact) mass is 254 g/mol. The number of nitrogens with zero attached hydrogens (tertiary/aromatic N) is 2. The number of rotatable bonds is 5. The summed E-state index contributed by atoms with van der Waals surface area (Å²) in [4.78, 5) is 25.9. The van der Waals surface area contributed by atoms with E-state index in [2.05, 4.69) is 6.58 Å². The average Bonchev–Trinajstić information content (AvgIpc) is 2.36. The van der Waals surface area contributed by atoms with E-state index in [-0.39, 0.29) is 12.5 Å². The van der Waals surface area contributed by atoms with Crippen molar-refractivity contribution in [3.63, 3.8) is 0 Å². The van der Waals surface area contributed by atoms with Gasteiger partial charge in [0.2, 0.25) is 0 Å². The minimum absolute atomic E-state index is 0.0339. The first-order chi connectivity index (χ1) is 8.54. The number of likely N-dealkylation sites (tertiary alicyclic amines) is 1. The first-order valence-corrected chi connectivity index (χ1v) is 6.37. The number of piperidine rings is 1. The molecular formula is C13H22N2O3. The first-order valence-electron chi connectivity index (χ1n) is 6.37. The van der Waals surface area contributed by atoms with E-state index in [4.69, 9.17) is 5.11 Å².